The van der Waals surface area contributed by atoms with Crippen LogP contribution in [0.15, 0.2) is 24.3 Å². The third kappa shape index (κ3) is 4.88. The number of aryl methyl sites for hydroxylation is 1. The van der Waals surface area contributed by atoms with Gasteiger partial charge in [0.1, 0.15) is 6.54 Å². The van der Waals surface area contributed by atoms with Crippen LogP contribution in [0.3, 0.4) is 0 Å². The van der Waals surface area contributed by atoms with Gasteiger partial charge in [0.15, 0.2) is 5.82 Å². The van der Waals surface area contributed by atoms with Crippen LogP contribution < -0.4 is 5.32 Å². The molecule has 1 aromatic carbocycles. The van der Waals surface area contributed by atoms with Gasteiger partial charge in [-0.05, 0) is 41.7 Å². The maximum absolute atomic E-state index is 11.6. The molecule has 2 unspecified atom stereocenters. The van der Waals surface area contributed by atoms with Gasteiger partial charge in [0, 0.05) is 6.04 Å². The van der Waals surface area contributed by atoms with Crippen molar-refractivity contribution in [3.63, 3.8) is 0 Å². The highest BCUT2D eigenvalue weighted by Crippen LogP contribution is 2.41. The van der Waals surface area contributed by atoms with Crippen LogP contribution in [0.1, 0.15) is 48.3 Å². The van der Waals surface area contributed by atoms with Gasteiger partial charge in [-0.1, -0.05) is 29.8 Å². The summed E-state index contributed by atoms with van der Waals surface area (Å²) in [5.41, 5.74) is 1.96. The summed E-state index contributed by atoms with van der Waals surface area (Å²) < 4.78 is 6.11. The SMILES string of the molecule is COC(=O)Cn1nnnc1C(NC(CC(=O)O)c1cccc(C)c1)C1CC1. The Morgan fingerprint density at radius 3 is 2.81 bits per heavy atom. The largest absolute Gasteiger partial charge is 0.481 e. The van der Waals surface area contributed by atoms with Crippen LogP contribution >= 0.6 is 0 Å². The van der Waals surface area contributed by atoms with Crippen molar-refractivity contribution in [3.05, 3.63) is 41.2 Å². The van der Waals surface area contributed by atoms with Gasteiger partial charge in [-0.25, -0.2) is 4.68 Å². The van der Waals surface area contributed by atoms with Crippen LogP contribution in [-0.4, -0.2) is 44.4 Å². The number of nitrogens with zero attached hydrogens (tertiary/aromatic N) is 4. The summed E-state index contributed by atoms with van der Waals surface area (Å²) in [6.07, 6.45) is 1.93. The second-order valence-electron chi connectivity index (χ2n) is 6.82. The minimum absolute atomic E-state index is 0.0642. The zero-order valence-electron chi connectivity index (χ0n) is 15.3. The maximum atomic E-state index is 11.6. The molecule has 1 saturated carbocycles. The number of esters is 1. The van der Waals surface area contributed by atoms with E-state index in [1.54, 1.807) is 0 Å². The third-order valence-corrected chi connectivity index (χ3v) is 4.64. The van der Waals surface area contributed by atoms with Crippen molar-refractivity contribution in [2.75, 3.05) is 7.11 Å². The fourth-order valence-corrected chi connectivity index (χ4v) is 3.14. The molecule has 0 radical (unpaired) electrons. The molecule has 0 saturated heterocycles. The summed E-state index contributed by atoms with van der Waals surface area (Å²) in [5.74, 6) is -0.518. The van der Waals surface area contributed by atoms with E-state index in [1.165, 1.54) is 11.8 Å². The number of hydrogen-bond donors (Lipinski definition) is 2. The fourth-order valence-electron chi connectivity index (χ4n) is 3.14. The first kappa shape index (κ1) is 19.0. The number of ether oxygens (including phenoxy) is 1. The van der Waals surface area contributed by atoms with Crippen LogP contribution in [0.25, 0.3) is 0 Å². The number of hydrogen-bond acceptors (Lipinski definition) is 7. The molecule has 9 heteroatoms. The Balaban J connectivity index is 1.87. The lowest BCUT2D eigenvalue weighted by molar-refractivity contribution is -0.141. The molecule has 1 aliphatic rings. The van der Waals surface area contributed by atoms with Crippen LogP contribution in [0, 0.1) is 12.8 Å². The topological polar surface area (TPSA) is 119 Å². The van der Waals surface area contributed by atoms with E-state index in [1.807, 2.05) is 31.2 Å². The van der Waals surface area contributed by atoms with E-state index in [0.717, 1.165) is 24.0 Å². The van der Waals surface area contributed by atoms with Crippen molar-refractivity contribution in [2.45, 2.75) is 44.8 Å². The number of aliphatic carboxylic acids is 1. The molecule has 0 spiro atoms. The predicted molar refractivity (Wildman–Crippen MR) is 94.6 cm³/mol. The number of methoxy groups -OCH3 is 1. The predicted octanol–water partition coefficient (Wildman–Crippen LogP) is 1.41. The Morgan fingerprint density at radius 2 is 2.19 bits per heavy atom. The number of carbonyl (C=O) groups excluding carboxylic acids is 1. The van der Waals surface area contributed by atoms with Crippen molar-refractivity contribution in [1.29, 1.82) is 0 Å². The van der Waals surface area contributed by atoms with E-state index >= 15 is 0 Å². The van der Waals surface area contributed by atoms with Crippen molar-refractivity contribution in [2.24, 2.45) is 5.92 Å². The molecule has 9 nitrogen and oxygen atoms in total. The standard InChI is InChI=1S/C18H23N5O4/c1-11-4-3-5-13(8-11)14(9-15(24)25)19-17(12-6-7-12)18-20-21-22-23(18)10-16(26)27-2/h3-5,8,12,14,17,19H,6-7,9-10H2,1-2H3,(H,24,25). The molecular formula is C18H23N5O4. The Morgan fingerprint density at radius 1 is 1.41 bits per heavy atom. The number of aromatic nitrogens is 4. The molecule has 0 bridgehead atoms. The molecule has 1 fully saturated rings. The summed E-state index contributed by atoms with van der Waals surface area (Å²) in [6, 6.07) is 7.13. The summed E-state index contributed by atoms with van der Waals surface area (Å²) >= 11 is 0. The van der Waals surface area contributed by atoms with Crippen molar-refractivity contribution >= 4 is 11.9 Å². The average Bonchev–Trinajstić information content (AvgIpc) is 3.37. The quantitative estimate of drug-likeness (QED) is 0.633. The van der Waals surface area contributed by atoms with Crippen molar-refractivity contribution < 1.29 is 19.4 Å². The van der Waals surface area contributed by atoms with E-state index in [2.05, 4.69) is 20.8 Å². The van der Waals surface area contributed by atoms with Gasteiger partial charge in [-0.2, -0.15) is 0 Å². The molecule has 27 heavy (non-hydrogen) atoms. The van der Waals surface area contributed by atoms with Crippen molar-refractivity contribution in [1.82, 2.24) is 25.5 Å². The Bertz CT molecular complexity index is 818. The monoisotopic (exact) mass is 373 g/mol. The van der Waals surface area contributed by atoms with Crippen LogP contribution in [-0.2, 0) is 20.9 Å². The van der Waals surface area contributed by atoms with E-state index in [0.29, 0.717) is 11.7 Å². The molecule has 1 heterocycles. The first-order valence-electron chi connectivity index (χ1n) is 8.85. The summed E-state index contributed by atoms with van der Waals surface area (Å²) in [7, 11) is 1.31. The zero-order valence-corrected chi connectivity index (χ0v) is 15.3. The average molecular weight is 373 g/mol. The number of benzene rings is 1. The number of carbonyl (C=O) groups is 2. The molecule has 1 aliphatic carbocycles. The summed E-state index contributed by atoms with van der Waals surface area (Å²) in [5, 5.41) is 24.5. The first-order chi connectivity index (χ1) is 13.0. The zero-order chi connectivity index (χ0) is 19.4. The normalized spacial score (nSPS) is 15.9. The summed E-state index contributed by atoms with van der Waals surface area (Å²) in [4.78, 5) is 23.1. The van der Waals surface area contributed by atoms with Gasteiger partial charge in [0.05, 0.1) is 19.6 Å². The number of rotatable bonds is 9. The molecule has 2 aromatic rings. The Hall–Kier alpha value is -2.81. The highest BCUT2D eigenvalue weighted by molar-refractivity contribution is 5.69. The van der Waals surface area contributed by atoms with E-state index in [-0.39, 0.29) is 19.0 Å². The van der Waals surface area contributed by atoms with Crippen molar-refractivity contribution in [3.8, 4) is 0 Å². The second kappa shape index (κ2) is 8.26. The van der Waals surface area contributed by atoms with E-state index in [4.69, 9.17) is 4.74 Å². The van der Waals surface area contributed by atoms with Crippen LogP contribution in [0.5, 0.6) is 0 Å². The van der Waals surface area contributed by atoms with Gasteiger partial charge >= 0.3 is 11.9 Å². The lowest BCUT2D eigenvalue weighted by atomic mass is 9.99. The fraction of sp³-hybridized carbons (Fsp3) is 0.500. The number of carboxylic acid groups (broad SMARTS) is 1. The van der Waals surface area contributed by atoms with Gasteiger partial charge in [0.25, 0.3) is 0 Å². The van der Waals surface area contributed by atoms with E-state index in [9.17, 15) is 14.7 Å². The number of carboxylic acids is 1. The van der Waals surface area contributed by atoms with Crippen LogP contribution in [0.4, 0.5) is 0 Å². The lowest BCUT2D eigenvalue weighted by Gasteiger charge is -2.25. The smallest absolute Gasteiger partial charge is 0.327 e. The third-order valence-electron chi connectivity index (χ3n) is 4.64. The Labute approximate surface area is 156 Å². The highest BCUT2D eigenvalue weighted by Gasteiger charge is 2.38. The molecule has 0 amide bonds. The minimum atomic E-state index is -0.891. The molecule has 2 N–H and O–H groups in total. The minimum Gasteiger partial charge on any atom is -0.481 e. The number of tetrazole rings is 1. The van der Waals surface area contributed by atoms with E-state index < -0.39 is 18.0 Å². The second-order valence-corrected chi connectivity index (χ2v) is 6.82. The van der Waals surface area contributed by atoms with Gasteiger partial charge in [0.2, 0.25) is 0 Å². The Kier molecular flexibility index (Phi) is 5.80. The molecule has 2 atom stereocenters. The van der Waals surface area contributed by atoms with Crippen LogP contribution in [0.2, 0.25) is 0 Å². The molecule has 0 aliphatic heterocycles. The number of nitrogens with one attached hydrogen (secondary N) is 1. The molecule has 1 aromatic heterocycles. The summed E-state index contributed by atoms with van der Waals surface area (Å²) in [6.45, 7) is 1.88. The lowest BCUT2D eigenvalue weighted by Crippen LogP contribution is -2.32. The molecule has 144 valence electrons. The van der Waals surface area contributed by atoms with Gasteiger partial charge < -0.3 is 9.84 Å². The first-order valence-corrected chi connectivity index (χ1v) is 8.85. The highest BCUT2D eigenvalue weighted by atomic mass is 16.5. The maximum Gasteiger partial charge on any atom is 0.327 e. The molecule has 3 rings (SSSR count). The van der Waals surface area contributed by atoms with Gasteiger partial charge in [-0.15, -0.1) is 5.10 Å². The van der Waals surface area contributed by atoms with Gasteiger partial charge in [-0.3, -0.25) is 14.9 Å². The molecular weight excluding hydrogens is 350 g/mol.